The van der Waals surface area contributed by atoms with Gasteiger partial charge in [-0.05, 0) is 69.9 Å². The van der Waals surface area contributed by atoms with Crippen LogP contribution in [-0.2, 0) is 21.7 Å². The number of anilines is 2. The van der Waals surface area contributed by atoms with Crippen molar-refractivity contribution in [1.29, 1.82) is 0 Å². The molecule has 0 aliphatic rings. The van der Waals surface area contributed by atoms with Crippen LogP contribution in [0.25, 0.3) is 0 Å². The van der Waals surface area contributed by atoms with Crippen molar-refractivity contribution < 1.29 is 0 Å². The van der Waals surface area contributed by atoms with Gasteiger partial charge < -0.3 is 10.6 Å². The molecule has 0 fully saturated rings. The van der Waals surface area contributed by atoms with E-state index in [0.29, 0.717) is 0 Å². The van der Waals surface area contributed by atoms with Crippen LogP contribution in [0.15, 0.2) is 48.5 Å². The van der Waals surface area contributed by atoms with E-state index >= 15 is 0 Å². The van der Waals surface area contributed by atoms with Gasteiger partial charge in [0.15, 0.2) is 0 Å². The van der Waals surface area contributed by atoms with E-state index in [9.17, 15) is 0 Å². The minimum atomic E-state index is 0.0631. The molecule has 2 N–H and O–H groups in total. The zero-order chi connectivity index (χ0) is 29.6. The first-order chi connectivity index (χ1) is 17.7. The number of para-hydroxylation sites is 2. The summed E-state index contributed by atoms with van der Waals surface area (Å²) in [7, 11) is 0. The van der Waals surface area contributed by atoms with Crippen LogP contribution in [0, 0.1) is 0 Å². The SMILES string of the molecule is CC(Nc1c(C(C)(C)C)cccc1C(C)(C)C)c1ccc(C(C)Nc2c(C(C)(C)C)cccc2C(C)(C)C)s1. The predicted molar refractivity (Wildman–Crippen MR) is 176 cm³/mol. The van der Waals surface area contributed by atoms with Gasteiger partial charge >= 0.3 is 0 Å². The van der Waals surface area contributed by atoms with Crippen molar-refractivity contribution in [3.05, 3.63) is 80.5 Å². The molecule has 0 saturated carbocycles. The van der Waals surface area contributed by atoms with Gasteiger partial charge in [-0.2, -0.15) is 0 Å². The Bertz CT molecular complexity index is 1110. The normalized spacial score (nSPS) is 14.7. The minimum absolute atomic E-state index is 0.0631. The highest BCUT2D eigenvalue weighted by atomic mass is 32.1. The van der Waals surface area contributed by atoms with Crippen LogP contribution in [0.1, 0.15) is 141 Å². The number of hydrogen-bond acceptors (Lipinski definition) is 3. The summed E-state index contributed by atoms with van der Waals surface area (Å²) in [5, 5.41) is 7.92. The summed E-state index contributed by atoms with van der Waals surface area (Å²) in [6.45, 7) is 32.3. The molecule has 3 heteroatoms. The monoisotopic (exact) mass is 546 g/mol. The van der Waals surface area contributed by atoms with Crippen LogP contribution < -0.4 is 10.6 Å². The molecule has 0 radical (unpaired) electrons. The fraction of sp³-hybridized carbons (Fsp3) is 0.556. The molecule has 0 bridgehead atoms. The van der Waals surface area contributed by atoms with Gasteiger partial charge in [-0.25, -0.2) is 0 Å². The van der Waals surface area contributed by atoms with Crippen molar-refractivity contribution in [2.75, 3.05) is 10.6 Å². The molecule has 0 aliphatic heterocycles. The van der Waals surface area contributed by atoms with E-state index in [2.05, 4.69) is 156 Å². The third kappa shape index (κ3) is 7.28. The highest BCUT2D eigenvalue weighted by Crippen LogP contribution is 2.42. The molecule has 0 amide bonds. The molecular weight excluding hydrogens is 492 g/mol. The van der Waals surface area contributed by atoms with Gasteiger partial charge in [0.2, 0.25) is 0 Å². The maximum absolute atomic E-state index is 3.96. The molecule has 214 valence electrons. The summed E-state index contributed by atoms with van der Waals surface area (Å²) in [6, 6.07) is 18.6. The Labute approximate surface area is 244 Å². The topological polar surface area (TPSA) is 24.1 Å². The Morgan fingerprint density at radius 3 is 0.949 bits per heavy atom. The molecule has 39 heavy (non-hydrogen) atoms. The molecule has 1 aromatic heterocycles. The summed E-state index contributed by atoms with van der Waals surface area (Å²) in [5.41, 5.74) is 8.34. The van der Waals surface area contributed by atoms with Gasteiger partial charge in [-0.15, -0.1) is 11.3 Å². The van der Waals surface area contributed by atoms with Crippen molar-refractivity contribution in [1.82, 2.24) is 0 Å². The van der Waals surface area contributed by atoms with Crippen molar-refractivity contribution in [3.8, 4) is 0 Å². The van der Waals surface area contributed by atoms with Crippen molar-refractivity contribution >= 4 is 22.7 Å². The van der Waals surface area contributed by atoms with Gasteiger partial charge in [-0.1, -0.05) is 119 Å². The number of nitrogens with one attached hydrogen (secondary N) is 2. The van der Waals surface area contributed by atoms with Gasteiger partial charge in [-0.3, -0.25) is 0 Å². The number of rotatable bonds is 6. The Hall–Kier alpha value is -2.26. The maximum atomic E-state index is 3.96. The van der Waals surface area contributed by atoms with Gasteiger partial charge in [0, 0.05) is 21.1 Å². The van der Waals surface area contributed by atoms with Crippen LogP contribution in [0.3, 0.4) is 0 Å². The first kappa shape index (κ1) is 31.3. The number of benzene rings is 2. The smallest absolute Gasteiger partial charge is 0.0578 e. The summed E-state index contributed by atoms with van der Waals surface area (Å²) < 4.78 is 0. The molecule has 0 aliphatic carbocycles. The van der Waals surface area contributed by atoms with Crippen LogP contribution in [0.2, 0.25) is 0 Å². The fourth-order valence-electron chi connectivity index (χ4n) is 5.32. The second-order valence-electron chi connectivity index (χ2n) is 15.4. The Morgan fingerprint density at radius 1 is 0.462 bits per heavy atom. The van der Waals surface area contributed by atoms with E-state index in [1.54, 1.807) is 0 Å². The molecule has 2 unspecified atom stereocenters. The molecule has 1 heterocycles. The first-order valence-electron chi connectivity index (χ1n) is 14.6. The molecule has 2 aromatic carbocycles. The standard InChI is InChI=1S/C36H54N2S/c1-23(37-31-25(33(3,4)5)17-15-18-26(31)34(6,7)8)29-21-22-30(39-29)24(2)38-32-27(35(9,10)11)19-16-20-28(32)36(12,13)14/h15-24,37-38H,1-14H3. The zero-order valence-electron chi connectivity index (χ0n) is 27.2. The minimum Gasteiger partial charge on any atom is -0.377 e. The van der Waals surface area contributed by atoms with Crippen LogP contribution >= 0.6 is 11.3 Å². The van der Waals surface area contributed by atoms with Gasteiger partial charge in [0.05, 0.1) is 12.1 Å². The predicted octanol–water partition coefficient (Wildman–Crippen LogP) is 11.3. The summed E-state index contributed by atoms with van der Waals surface area (Å²) >= 11 is 1.92. The highest BCUT2D eigenvalue weighted by Gasteiger charge is 2.28. The first-order valence-corrected chi connectivity index (χ1v) is 15.4. The van der Waals surface area contributed by atoms with E-state index in [-0.39, 0.29) is 33.7 Å². The molecular formula is C36H54N2S. The average Bonchev–Trinajstić information content (AvgIpc) is 3.27. The zero-order valence-corrected chi connectivity index (χ0v) is 28.0. The summed E-state index contributed by atoms with van der Waals surface area (Å²) in [5.74, 6) is 0. The average molecular weight is 547 g/mol. The Balaban J connectivity index is 1.94. The van der Waals surface area contributed by atoms with Gasteiger partial charge in [0.25, 0.3) is 0 Å². The van der Waals surface area contributed by atoms with Gasteiger partial charge in [0.1, 0.15) is 0 Å². The lowest BCUT2D eigenvalue weighted by Crippen LogP contribution is -2.22. The van der Waals surface area contributed by atoms with E-state index in [4.69, 9.17) is 0 Å². The van der Waals surface area contributed by atoms with E-state index < -0.39 is 0 Å². The van der Waals surface area contributed by atoms with Crippen molar-refractivity contribution in [2.24, 2.45) is 0 Å². The molecule has 2 nitrogen and oxygen atoms in total. The maximum Gasteiger partial charge on any atom is 0.0578 e. The number of thiophene rings is 1. The lowest BCUT2D eigenvalue weighted by molar-refractivity contribution is 0.569. The van der Waals surface area contributed by atoms with Crippen LogP contribution in [0.4, 0.5) is 11.4 Å². The van der Waals surface area contributed by atoms with Crippen molar-refractivity contribution in [3.63, 3.8) is 0 Å². The second-order valence-corrected chi connectivity index (χ2v) is 16.6. The van der Waals surface area contributed by atoms with Crippen LogP contribution in [0.5, 0.6) is 0 Å². The molecule has 3 rings (SSSR count). The van der Waals surface area contributed by atoms with E-state index in [0.717, 1.165) is 0 Å². The molecule has 0 spiro atoms. The molecule has 2 atom stereocenters. The second kappa shape index (κ2) is 11.0. The van der Waals surface area contributed by atoms with E-state index in [1.165, 1.54) is 43.4 Å². The largest absolute Gasteiger partial charge is 0.377 e. The summed E-state index contributed by atoms with van der Waals surface area (Å²) in [6.07, 6.45) is 0. The van der Waals surface area contributed by atoms with E-state index in [1.807, 2.05) is 11.3 Å². The summed E-state index contributed by atoms with van der Waals surface area (Å²) in [4.78, 5) is 2.73. The molecule has 0 saturated heterocycles. The lowest BCUT2D eigenvalue weighted by Gasteiger charge is -2.32. The number of hydrogen-bond donors (Lipinski definition) is 2. The third-order valence-corrected chi connectivity index (χ3v) is 9.03. The van der Waals surface area contributed by atoms with Crippen LogP contribution in [-0.4, -0.2) is 0 Å². The molecule has 3 aromatic rings. The Kier molecular flexibility index (Phi) is 8.79. The quantitative estimate of drug-likeness (QED) is 0.321. The third-order valence-electron chi connectivity index (χ3n) is 7.58. The Morgan fingerprint density at radius 2 is 0.718 bits per heavy atom. The highest BCUT2D eigenvalue weighted by molar-refractivity contribution is 7.12. The van der Waals surface area contributed by atoms with Crippen molar-refractivity contribution in [2.45, 2.75) is 131 Å². The fourth-order valence-corrected chi connectivity index (χ4v) is 6.34. The lowest BCUT2D eigenvalue weighted by atomic mass is 9.78.